The Morgan fingerprint density at radius 1 is 1.04 bits per heavy atom. The summed E-state index contributed by atoms with van der Waals surface area (Å²) in [7, 11) is 0. The normalized spacial score (nSPS) is 17.1. The molecular weight excluding hydrogens is 384 g/mol. The van der Waals surface area contributed by atoms with Crippen LogP contribution in [0.25, 0.3) is 21.3 Å². The van der Waals surface area contributed by atoms with Gasteiger partial charge in [0.05, 0.1) is 20.1 Å². The van der Waals surface area contributed by atoms with E-state index in [1.54, 1.807) is 22.7 Å². The van der Waals surface area contributed by atoms with Crippen LogP contribution in [0.5, 0.6) is 0 Å². The van der Waals surface area contributed by atoms with Crippen LogP contribution in [0.3, 0.4) is 0 Å². The van der Waals surface area contributed by atoms with E-state index in [1.807, 2.05) is 34.5 Å². The minimum Gasteiger partial charge on any atom is -0.337 e. The number of carbonyl (C=O) groups is 1. The van der Waals surface area contributed by atoms with Gasteiger partial charge in [-0.05, 0) is 42.0 Å². The highest BCUT2D eigenvalue weighted by Crippen LogP contribution is 2.35. The van der Waals surface area contributed by atoms with Crippen LogP contribution in [-0.2, 0) is 0 Å². The Hall–Kier alpha value is -2.50. The van der Waals surface area contributed by atoms with E-state index in [0.29, 0.717) is 5.92 Å². The SMILES string of the molecule is O=C(c1sccc1-c1ccccc1)N1CCC[C@H](c2nc3ccccc3s2)C1. The molecule has 3 heterocycles. The molecule has 28 heavy (non-hydrogen) atoms. The van der Waals surface area contributed by atoms with E-state index in [-0.39, 0.29) is 5.91 Å². The maximum absolute atomic E-state index is 13.3. The molecule has 140 valence electrons. The van der Waals surface area contributed by atoms with Crippen molar-refractivity contribution in [3.63, 3.8) is 0 Å². The van der Waals surface area contributed by atoms with Gasteiger partial charge in [-0.1, -0.05) is 42.5 Å². The van der Waals surface area contributed by atoms with Gasteiger partial charge in [-0.25, -0.2) is 4.98 Å². The zero-order valence-corrected chi connectivity index (χ0v) is 17.0. The molecule has 0 N–H and O–H groups in total. The van der Waals surface area contributed by atoms with E-state index in [2.05, 4.69) is 36.4 Å². The lowest BCUT2D eigenvalue weighted by molar-refractivity contribution is 0.0713. The molecule has 1 aliphatic heterocycles. The van der Waals surface area contributed by atoms with Crippen LogP contribution in [0, 0.1) is 0 Å². The molecule has 1 saturated heterocycles. The van der Waals surface area contributed by atoms with Gasteiger partial charge in [0.15, 0.2) is 0 Å². The van der Waals surface area contributed by atoms with Crippen LogP contribution in [0.1, 0.15) is 33.4 Å². The van der Waals surface area contributed by atoms with E-state index < -0.39 is 0 Å². The number of rotatable bonds is 3. The molecule has 1 fully saturated rings. The third kappa shape index (κ3) is 3.25. The summed E-state index contributed by atoms with van der Waals surface area (Å²) < 4.78 is 1.23. The molecule has 2 aromatic carbocycles. The highest BCUT2D eigenvalue weighted by Gasteiger charge is 2.29. The largest absolute Gasteiger partial charge is 0.337 e. The Bertz CT molecular complexity index is 1080. The quantitative estimate of drug-likeness (QED) is 0.417. The second kappa shape index (κ2) is 7.49. The van der Waals surface area contributed by atoms with Crippen LogP contribution in [0.15, 0.2) is 66.0 Å². The first-order chi connectivity index (χ1) is 13.8. The Morgan fingerprint density at radius 2 is 1.86 bits per heavy atom. The van der Waals surface area contributed by atoms with Crippen molar-refractivity contribution in [3.8, 4) is 11.1 Å². The van der Waals surface area contributed by atoms with E-state index >= 15 is 0 Å². The Morgan fingerprint density at radius 3 is 2.71 bits per heavy atom. The minimum atomic E-state index is 0.152. The smallest absolute Gasteiger partial charge is 0.264 e. The monoisotopic (exact) mass is 404 g/mol. The van der Waals surface area contributed by atoms with Crippen molar-refractivity contribution >= 4 is 38.8 Å². The van der Waals surface area contributed by atoms with Gasteiger partial charge in [-0.2, -0.15) is 0 Å². The number of amides is 1. The third-order valence-corrected chi connectivity index (χ3v) is 7.41. The Labute approximate surface area is 172 Å². The first kappa shape index (κ1) is 17.6. The molecule has 0 unspecified atom stereocenters. The van der Waals surface area contributed by atoms with E-state index in [9.17, 15) is 4.79 Å². The van der Waals surface area contributed by atoms with Crippen molar-refractivity contribution in [2.24, 2.45) is 0 Å². The fraction of sp³-hybridized carbons (Fsp3) is 0.217. The van der Waals surface area contributed by atoms with Crippen LogP contribution in [0.4, 0.5) is 0 Å². The van der Waals surface area contributed by atoms with E-state index in [1.165, 1.54) is 4.70 Å². The summed E-state index contributed by atoms with van der Waals surface area (Å²) >= 11 is 3.31. The predicted molar refractivity (Wildman–Crippen MR) is 117 cm³/mol. The number of aromatic nitrogens is 1. The molecule has 0 aliphatic carbocycles. The summed E-state index contributed by atoms with van der Waals surface area (Å²) in [4.78, 5) is 21.0. The van der Waals surface area contributed by atoms with Crippen molar-refractivity contribution in [3.05, 3.63) is 75.9 Å². The van der Waals surface area contributed by atoms with Gasteiger partial charge in [0.25, 0.3) is 5.91 Å². The molecule has 1 atom stereocenters. The van der Waals surface area contributed by atoms with Gasteiger partial charge < -0.3 is 4.90 Å². The number of thiazole rings is 1. The standard InChI is InChI=1S/C23H20N2OS2/c26-23(21-18(12-14-27-21)16-7-2-1-3-8-16)25-13-6-9-17(15-25)22-24-19-10-4-5-11-20(19)28-22/h1-5,7-8,10-12,14,17H,6,9,13,15H2/t17-/m0/s1. The molecule has 1 amide bonds. The summed E-state index contributed by atoms with van der Waals surface area (Å²) in [6.07, 6.45) is 2.12. The summed E-state index contributed by atoms with van der Waals surface area (Å²) in [6, 6.07) is 20.5. The van der Waals surface area contributed by atoms with Crippen molar-refractivity contribution in [2.75, 3.05) is 13.1 Å². The third-order valence-electron chi connectivity index (χ3n) is 5.31. The number of fused-ring (bicyclic) bond motifs is 1. The van der Waals surface area contributed by atoms with Crippen molar-refractivity contribution in [1.82, 2.24) is 9.88 Å². The maximum Gasteiger partial charge on any atom is 0.264 e. The molecule has 3 nitrogen and oxygen atoms in total. The topological polar surface area (TPSA) is 33.2 Å². The average Bonchev–Trinajstić information content (AvgIpc) is 3.41. The van der Waals surface area contributed by atoms with Crippen LogP contribution in [0.2, 0.25) is 0 Å². The molecule has 0 spiro atoms. The molecule has 0 saturated carbocycles. The fourth-order valence-corrected chi connectivity index (χ4v) is 5.87. The zero-order chi connectivity index (χ0) is 18.9. The fourth-order valence-electron chi connectivity index (χ4n) is 3.89. The lowest BCUT2D eigenvalue weighted by atomic mass is 9.98. The first-order valence-corrected chi connectivity index (χ1v) is 11.3. The lowest BCUT2D eigenvalue weighted by Gasteiger charge is -2.31. The highest BCUT2D eigenvalue weighted by molar-refractivity contribution is 7.18. The van der Waals surface area contributed by atoms with Gasteiger partial charge >= 0.3 is 0 Å². The van der Waals surface area contributed by atoms with E-state index in [0.717, 1.165) is 52.5 Å². The summed E-state index contributed by atoms with van der Waals surface area (Å²) in [5, 5.41) is 3.18. The Kier molecular flexibility index (Phi) is 4.71. The number of piperidine rings is 1. The van der Waals surface area contributed by atoms with Crippen LogP contribution < -0.4 is 0 Å². The number of nitrogens with zero attached hydrogens (tertiary/aromatic N) is 2. The van der Waals surface area contributed by atoms with Gasteiger partial charge in [0.1, 0.15) is 0 Å². The number of hydrogen-bond acceptors (Lipinski definition) is 4. The number of hydrogen-bond donors (Lipinski definition) is 0. The molecule has 5 heteroatoms. The van der Waals surface area contributed by atoms with E-state index in [4.69, 9.17) is 4.98 Å². The lowest BCUT2D eigenvalue weighted by Crippen LogP contribution is -2.38. The van der Waals surface area contributed by atoms with Gasteiger partial charge in [-0.15, -0.1) is 22.7 Å². The van der Waals surface area contributed by atoms with Crippen molar-refractivity contribution in [1.29, 1.82) is 0 Å². The zero-order valence-electron chi connectivity index (χ0n) is 15.4. The summed E-state index contributed by atoms with van der Waals surface area (Å²) in [5.74, 6) is 0.481. The van der Waals surface area contributed by atoms with Gasteiger partial charge in [0, 0.05) is 24.6 Å². The highest BCUT2D eigenvalue weighted by atomic mass is 32.1. The van der Waals surface area contributed by atoms with Crippen molar-refractivity contribution in [2.45, 2.75) is 18.8 Å². The molecular formula is C23H20N2OS2. The van der Waals surface area contributed by atoms with Crippen LogP contribution in [-0.4, -0.2) is 28.9 Å². The molecule has 0 radical (unpaired) electrons. The number of likely N-dealkylation sites (tertiary alicyclic amines) is 1. The summed E-state index contributed by atoms with van der Waals surface area (Å²) in [5.41, 5.74) is 3.21. The number of benzene rings is 2. The van der Waals surface area contributed by atoms with Gasteiger partial charge in [0.2, 0.25) is 0 Å². The van der Waals surface area contributed by atoms with Crippen molar-refractivity contribution < 1.29 is 4.79 Å². The maximum atomic E-state index is 13.3. The summed E-state index contributed by atoms with van der Waals surface area (Å²) in [6.45, 7) is 1.58. The number of carbonyl (C=O) groups excluding carboxylic acids is 1. The predicted octanol–water partition coefficient (Wildman–Crippen LogP) is 6.04. The second-order valence-electron chi connectivity index (χ2n) is 7.14. The molecule has 2 aromatic heterocycles. The second-order valence-corrected chi connectivity index (χ2v) is 9.12. The Balaban J connectivity index is 1.40. The van der Waals surface area contributed by atoms with Gasteiger partial charge in [-0.3, -0.25) is 4.79 Å². The molecule has 0 bridgehead atoms. The van der Waals surface area contributed by atoms with Crippen LogP contribution >= 0.6 is 22.7 Å². The average molecular weight is 405 g/mol. The molecule has 5 rings (SSSR count). The molecule has 1 aliphatic rings. The molecule has 4 aromatic rings. The number of thiophene rings is 1. The minimum absolute atomic E-state index is 0.152. The first-order valence-electron chi connectivity index (χ1n) is 9.57. The number of para-hydroxylation sites is 1.